The summed E-state index contributed by atoms with van der Waals surface area (Å²) >= 11 is 3.26. The molecule has 19 heavy (non-hydrogen) atoms. The largest absolute Gasteiger partial charge is 0.312 e. The molecule has 0 aromatic heterocycles. The maximum Gasteiger partial charge on any atom is 0.124 e. The van der Waals surface area contributed by atoms with E-state index in [1.165, 1.54) is 24.3 Å². The maximum absolute atomic E-state index is 13.1. The summed E-state index contributed by atoms with van der Waals surface area (Å²) in [5.41, 5.74) is 1.97. The van der Waals surface area contributed by atoms with Gasteiger partial charge in [-0.15, -0.1) is 0 Å². The zero-order valence-corrected chi connectivity index (χ0v) is 11.9. The van der Waals surface area contributed by atoms with E-state index in [0.717, 1.165) is 28.6 Å². The standard InChI is InChI=1S/C15H14BrF2N/c16-13-7-12(8-15(18)9-13)10-19-6-5-11-1-3-14(17)4-2-11/h1-4,7-9,19H,5-6,10H2. The molecule has 2 aromatic carbocycles. The van der Waals surface area contributed by atoms with E-state index >= 15 is 0 Å². The zero-order chi connectivity index (χ0) is 13.7. The van der Waals surface area contributed by atoms with E-state index < -0.39 is 0 Å². The van der Waals surface area contributed by atoms with E-state index in [1.54, 1.807) is 12.1 Å². The van der Waals surface area contributed by atoms with Crippen LogP contribution < -0.4 is 5.32 Å². The number of halogens is 3. The van der Waals surface area contributed by atoms with Crippen LogP contribution in [-0.2, 0) is 13.0 Å². The van der Waals surface area contributed by atoms with Gasteiger partial charge in [0.1, 0.15) is 11.6 Å². The highest BCUT2D eigenvalue weighted by Crippen LogP contribution is 2.14. The number of hydrogen-bond acceptors (Lipinski definition) is 1. The van der Waals surface area contributed by atoms with E-state index in [-0.39, 0.29) is 11.6 Å². The fourth-order valence-corrected chi connectivity index (χ4v) is 2.34. The van der Waals surface area contributed by atoms with Crippen molar-refractivity contribution in [1.29, 1.82) is 0 Å². The molecule has 0 fully saturated rings. The molecule has 2 aromatic rings. The van der Waals surface area contributed by atoms with Crippen molar-refractivity contribution < 1.29 is 8.78 Å². The Morgan fingerprint density at radius 3 is 2.32 bits per heavy atom. The molecule has 0 aliphatic carbocycles. The number of rotatable bonds is 5. The van der Waals surface area contributed by atoms with Gasteiger partial charge in [-0.25, -0.2) is 8.78 Å². The van der Waals surface area contributed by atoms with Crippen molar-refractivity contribution >= 4 is 15.9 Å². The molecular formula is C15H14BrF2N. The number of hydrogen-bond donors (Lipinski definition) is 1. The first kappa shape index (κ1) is 14.2. The monoisotopic (exact) mass is 325 g/mol. The van der Waals surface area contributed by atoms with Gasteiger partial charge in [0.2, 0.25) is 0 Å². The van der Waals surface area contributed by atoms with Crippen LogP contribution in [0.1, 0.15) is 11.1 Å². The summed E-state index contributed by atoms with van der Waals surface area (Å²) in [6.45, 7) is 1.37. The van der Waals surface area contributed by atoms with Crippen LogP contribution in [0, 0.1) is 11.6 Å². The van der Waals surface area contributed by atoms with Crippen molar-refractivity contribution in [3.63, 3.8) is 0 Å². The van der Waals surface area contributed by atoms with E-state index in [4.69, 9.17) is 0 Å². The highest BCUT2D eigenvalue weighted by Gasteiger charge is 1.99. The molecule has 0 unspecified atom stereocenters. The molecule has 0 amide bonds. The minimum atomic E-state index is -0.246. The van der Waals surface area contributed by atoms with Crippen LogP contribution >= 0.6 is 15.9 Å². The Labute approximate surface area is 119 Å². The first-order chi connectivity index (χ1) is 9.13. The smallest absolute Gasteiger partial charge is 0.124 e. The molecule has 0 saturated carbocycles. The Morgan fingerprint density at radius 1 is 0.895 bits per heavy atom. The third kappa shape index (κ3) is 4.73. The molecule has 0 bridgehead atoms. The summed E-state index contributed by atoms with van der Waals surface area (Å²) in [4.78, 5) is 0. The molecule has 100 valence electrons. The molecule has 0 atom stereocenters. The summed E-state index contributed by atoms with van der Waals surface area (Å²) < 4.78 is 26.6. The first-order valence-electron chi connectivity index (χ1n) is 6.03. The van der Waals surface area contributed by atoms with Crippen LogP contribution in [0.15, 0.2) is 46.9 Å². The molecule has 1 nitrogen and oxygen atoms in total. The number of nitrogens with one attached hydrogen (secondary N) is 1. The van der Waals surface area contributed by atoms with Crippen molar-refractivity contribution in [2.24, 2.45) is 0 Å². The summed E-state index contributed by atoms with van der Waals surface area (Å²) in [5.74, 6) is -0.467. The maximum atomic E-state index is 13.1. The molecule has 0 spiro atoms. The Morgan fingerprint density at radius 2 is 1.63 bits per heavy atom. The molecule has 0 radical (unpaired) electrons. The van der Waals surface area contributed by atoms with Crippen molar-refractivity contribution in [3.8, 4) is 0 Å². The molecular weight excluding hydrogens is 312 g/mol. The summed E-state index contributed by atoms with van der Waals surface area (Å²) in [6, 6.07) is 11.3. The lowest BCUT2D eigenvalue weighted by atomic mass is 10.1. The molecule has 0 aliphatic heterocycles. The van der Waals surface area contributed by atoms with Crippen LogP contribution in [-0.4, -0.2) is 6.54 Å². The minimum Gasteiger partial charge on any atom is -0.312 e. The van der Waals surface area contributed by atoms with E-state index in [9.17, 15) is 8.78 Å². The Hall–Kier alpha value is -1.26. The second-order valence-corrected chi connectivity index (χ2v) is 5.25. The van der Waals surface area contributed by atoms with Crippen molar-refractivity contribution in [1.82, 2.24) is 5.32 Å². The highest BCUT2D eigenvalue weighted by molar-refractivity contribution is 9.10. The van der Waals surface area contributed by atoms with Crippen LogP contribution in [0.3, 0.4) is 0 Å². The quantitative estimate of drug-likeness (QED) is 0.817. The lowest BCUT2D eigenvalue weighted by Crippen LogP contribution is -2.16. The zero-order valence-electron chi connectivity index (χ0n) is 10.3. The summed E-state index contributed by atoms with van der Waals surface area (Å²) in [5, 5.41) is 3.24. The molecule has 2 rings (SSSR count). The van der Waals surface area contributed by atoms with Crippen LogP contribution in [0.25, 0.3) is 0 Å². The van der Waals surface area contributed by atoms with Gasteiger partial charge in [-0.1, -0.05) is 28.1 Å². The Bertz CT molecular complexity index is 520. The topological polar surface area (TPSA) is 12.0 Å². The average Bonchev–Trinajstić information content (AvgIpc) is 2.36. The molecule has 0 saturated heterocycles. The van der Waals surface area contributed by atoms with E-state index in [1.807, 2.05) is 6.07 Å². The SMILES string of the molecule is Fc1ccc(CCNCc2cc(F)cc(Br)c2)cc1. The van der Waals surface area contributed by atoms with Gasteiger partial charge in [-0.2, -0.15) is 0 Å². The molecule has 0 heterocycles. The lowest BCUT2D eigenvalue weighted by molar-refractivity contribution is 0.618. The second-order valence-electron chi connectivity index (χ2n) is 4.33. The normalized spacial score (nSPS) is 10.7. The van der Waals surface area contributed by atoms with Crippen molar-refractivity contribution in [3.05, 3.63) is 69.7 Å². The van der Waals surface area contributed by atoms with Crippen LogP contribution in [0.5, 0.6) is 0 Å². The van der Waals surface area contributed by atoms with Gasteiger partial charge in [0.15, 0.2) is 0 Å². The first-order valence-corrected chi connectivity index (χ1v) is 6.83. The van der Waals surface area contributed by atoms with E-state index in [2.05, 4.69) is 21.2 Å². The molecule has 4 heteroatoms. The third-order valence-electron chi connectivity index (χ3n) is 2.76. The van der Waals surface area contributed by atoms with Gasteiger partial charge < -0.3 is 5.32 Å². The van der Waals surface area contributed by atoms with Crippen molar-refractivity contribution in [2.45, 2.75) is 13.0 Å². The highest BCUT2D eigenvalue weighted by atomic mass is 79.9. The number of benzene rings is 2. The molecule has 1 N–H and O–H groups in total. The van der Waals surface area contributed by atoms with Gasteiger partial charge in [-0.3, -0.25) is 0 Å². The Balaban J connectivity index is 1.79. The van der Waals surface area contributed by atoms with Gasteiger partial charge in [0.05, 0.1) is 0 Å². The summed E-state index contributed by atoms with van der Waals surface area (Å²) in [7, 11) is 0. The minimum absolute atomic E-state index is 0.221. The third-order valence-corrected chi connectivity index (χ3v) is 3.21. The fourth-order valence-electron chi connectivity index (χ4n) is 1.83. The van der Waals surface area contributed by atoms with Crippen LogP contribution in [0.4, 0.5) is 8.78 Å². The molecule has 0 aliphatic rings. The van der Waals surface area contributed by atoms with Crippen molar-refractivity contribution in [2.75, 3.05) is 6.54 Å². The van der Waals surface area contributed by atoms with Gasteiger partial charge in [0.25, 0.3) is 0 Å². The second kappa shape index (κ2) is 6.78. The van der Waals surface area contributed by atoms with Crippen LogP contribution in [0.2, 0.25) is 0 Å². The fraction of sp³-hybridized carbons (Fsp3) is 0.200. The predicted molar refractivity (Wildman–Crippen MR) is 75.9 cm³/mol. The Kier molecular flexibility index (Phi) is 5.05. The average molecular weight is 326 g/mol. The van der Waals surface area contributed by atoms with Gasteiger partial charge in [-0.05, 0) is 54.4 Å². The lowest BCUT2D eigenvalue weighted by Gasteiger charge is -2.06. The van der Waals surface area contributed by atoms with Gasteiger partial charge in [0, 0.05) is 11.0 Å². The summed E-state index contributed by atoms with van der Waals surface area (Å²) in [6.07, 6.45) is 0.816. The van der Waals surface area contributed by atoms with Gasteiger partial charge >= 0.3 is 0 Å². The predicted octanol–water partition coefficient (Wildman–Crippen LogP) is 4.06. The van der Waals surface area contributed by atoms with E-state index in [0.29, 0.717) is 6.54 Å².